The smallest absolute Gasteiger partial charge is 0.410 e. The first-order valence-electron chi connectivity index (χ1n) is 7.98. The van der Waals surface area contributed by atoms with Gasteiger partial charge in [-0.2, -0.15) is 0 Å². The molecule has 1 unspecified atom stereocenters. The maximum absolute atomic E-state index is 12.0. The molecule has 1 aliphatic heterocycles. The highest BCUT2D eigenvalue weighted by Gasteiger charge is 2.29. The highest BCUT2D eigenvalue weighted by molar-refractivity contribution is 5.90. The number of nitrogens with zero attached hydrogens (tertiary/aromatic N) is 2. The van der Waals surface area contributed by atoms with Crippen molar-refractivity contribution in [2.75, 3.05) is 20.2 Å². The number of aliphatic imine (C=N–C) groups is 1. The molecule has 1 amide bonds. The Bertz CT molecular complexity index is 617. The molecule has 0 saturated carbocycles. The van der Waals surface area contributed by atoms with E-state index in [1.54, 1.807) is 23.2 Å². The Balaban J connectivity index is 1.89. The average molecular weight is 332 g/mol. The van der Waals surface area contributed by atoms with Gasteiger partial charge < -0.3 is 14.4 Å². The van der Waals surface area contributed by atoms with E-state index in [1.165, 1.54) is 7.11 Å². The highest BCUT2D eigenvalue weighted by atomic mass is 16.6. The van der Waals surface area contributed by atoms with Crippen LogP contribution in [0.3, 0.4) is 0 Å². The number of amides is 1. The van der Waals surface area contributed by atoms with E-state index in [9.17, 15) is 9.59 Å². The maximum Gasteiger partial charge on any atom is 0.410 e. The van der Waals surface area contributed by atoms with Crippen LogP contribution in [0, 0.1) is 0 Å². The minimum absolute atomic E-state index is 0.0674. The summed E-state index contributed by atoms with van der Waals surface area (Å²) in [6.45, 7) is 6.78. The zero-order valence-electron chi connectivity index (χ0n) is 14.6. The van der Waals surface area contributed by atoms with Crippen molar-refractivity contribution >= 4 is 18.3 Å². The second-order valence-electron chi connectivity index (χ2n) is 6.76. The van der Waals surface area contributed by atoms with Gasteiger partial charge in [-0.1, -0.05) is 12.1 Å². The quantitative estimate of drug-likeness (QED) is 0.630. The van der Waals surface area contributed by atoms with Crippen LogP contribution in [0.5, 0.6) is 0 Å². The average Bonchev–Trinajstić information content (AvgIpc) is 3.00. The molecule has 0 N–H and O–H groups in total. The Kier molecular flexibility index (Phi) is 5.59. The zero-order chi connectivity index (χ0) is 17.7. The third-order valence-corrected chi connectivity index (χ3v) is 3.58. The molecule has 1 heterocycles. The van der Waals surface area contributed by atoms with Crippen molar-refractivity contribution in [1.82, 2.24) is 4.90 Å². The van der Waals surface area contributed by atoms with E-state index in [2.05, 4.69) is 9.73 Å². The fourth-order valence-electron chi connectivity index (χ4n) is 2.37. The molecule has 6 nitrogen and oxygen atoms in total. The Morgan fingerprint density at radius 1 is 1.25 bits per heavy atom. The summed E-state index contributed by atoms with van der Waals surface area (Å²) in [4.78, 5) is 29.6. The summed E-state index contributed by atoms with van der Waals surface area (Å²) in [5.74, 6) is -0.359. The van der Waals surface area contributed by atoms with Crippen LogP contribution in [0.15, 0.2) is 29.3 Å². The minimum atomic E-state index is -0.486. The van der Waals surface area contributed by atoms with Crippen molar-refractivity contribution in [2.45, 2.75) is 38.8 Å². The SMILES string of the molecule is COC(=O)c1ccc(C=NC2CCN(C(=O)OC(C)(C)C)C2)cc1. The zero-order valence-corrected chi connectivity index (χ0v) is 14.6. The first kappa shape index (κ1) is 18.0. The lowest BCUT2D eigenvalue weighted by atomic mass is 10.1. The summed E-state index contributed by atoms with van der Waals surface area (Å²) < 4.78 is 10.0. The number of hydrogen-bond donors (Lipinski definition) is 0. The van der Waals surface area contributed by atoms with Gasteiger partial charge in [-0.3, -0.25) is 4.99 Å². The molecule has 0 radical (unpaired) electrons. The van der Waals surface area contributed by atoms with Crippen molar-refractivity contribution in [3.63, 3.8) is 0 Å². The molecule has 0 spiro atoms. The van der Waals surface area contributed by atoms with Crippen LogP contribution >= 0.6 is 0 Å². The van der Waals surface area contributed by atoms with Gasteiger partial charge in [0.25, 0.3) is 0 Å². The van der Waals surface area contributed by atoms with Crippen LogP contribution < -0.4 is 0 Å². The van der Waals surface area contributed by atoms with Crippen molar-refractivity contribution in [3.8, 4) is 0 Å². The number of rotatable bonds is 3. The molecule has 1 fully saturated rings. The highest BCUT2D eigenvalue weighted by Crippen LogP contribution is 2.17. The number of methoxy groups -OCH3 is 1. The van der Waals surface area contributed by atoms with E-state index in [1.807, 2.05) is 32.9 Å². The first-order valence-corrected chi connectivity index (χ1v) is 7.98. The van der Waals surface area contributed by atoms with Gasteiger partial charge in [0.1, 0.15) is 5.60 Å². The summed E-state index contributed by atoms with van der Waals surface area (Å²) in [6.07, 6.45) is 2.29. The topological polar surface area (TPSA) is 68.2 Å². The third kappa shape index (κ3) is 5.08. The van der Waals surface area contributed by atoms with Crippen LogP contribution in [0.4, 0.5) is 4.79 Å². The molecule has 1 aliphatic rings. The fourth-order valence-corrected chi connectivity index (χ4v) is 2.37. The minimum Gasteiger partial charge on any atom is -0.465 e. The summed E-state index contributed by atoms with van der Waals surface area (Å²) in [6, 6.07) is 7.11. The van der Waals surface area contributed by atoms with E-state index in [-0.39, 0.29) is 18.1 Å². The van der Waals surface area contributed by atoms with Gasteiger partial charge in [-0.25, -0.2) is 9.59 Å². The van der Waals surface area contributed by atoms with E-state index in [0.717, 1.165) is 12.0 Å². The number of likely N-dealkylation sites (tertiary alicyclic amines) is 1. The maximum atomic E-state index is 12.0. The van der Waals surface area contributed by atoms with Crippen molar-refractivity contribution in [2.24, 2.45) is 4.99 Å². The third-order valence-electron chi connectivity index (χ3n) is 3.58. The van der Waals surface area contributed by atoms with Gasteiger partial charge in [-0.15, -0.1) is 0 Å². The lowest BCUT2D eigenvalue weighted by molar-refractivity contribution is 0.0292. The number of benzene rings is 1. The Morgan fingerprint density at radius 2 is 1.92 bits per heavy atom. The van der Waals surface area contributed by atoms with Crippen LogP contribution in [0.2, 0.25) is 0 Å². The number of esters is 1. The number of ether oxygens (including phenoxy) is 2. The van der Waals surface area contributed by atoms with Gasteiger partial charge in [0.2, 0.25) is 0 Å². The van der Waals surface area contributed by atoms with E-state index in [0.29, 0.717) is 18.7 Å². The van der Waals surface area contributed by atoms with E-state index >= 15 is 0 Å². The lowest BCUT2D eigenvalue weighted by Gasteiger charge is -2.24. The number of hydrogen-bond acceptors (Lipinski definition) is 5. The van der Waals surface area contributed by atoms with Gasteiger partial charge in [-0.05, 0) is 44.9 Å². The normalized spacial score (nSPS) is 18.0. The molecular weight excluding hydrogens is 308 g/mol. The van der Waals surface area contributed by atoms with Crippen LogP contribution in [0.1, 0.15) is 43.1 Å². The predicted molar refractivity (Wildman–Crippen MR) is 91.6 cm³/mol. The van der Waals surface area contributed by atoms with Crippen molar-refractivity contribution in [1.29, 1.82) is 0 Å². The summed E-state index contributed by atoms with van der Waals surface area (Å²) >= 11 is 0. The predicted octanol–water partition coefficient (Wildman–Crippen LogP) is 2.90. The van der Waals surface area contributed by atoms with Gasteiger partial charge in [0, 0.05) is 19.3 Å². The standard InChI is InChI=1S/C18H24N2O4/c1-18(2,3)24-17(22)20-10-9-15(12-20)19-11-13-5-7-14(8-6-13)16(21)23-4/h5-8,11,15H,9-10,12H2,1-4H3. The molecule has 2 rings (SSSR count). The molecule has 130 valence electrons. The Morgan fingerprint density at radius 3 is 2.50 bits per heavy atom. The number of carbonyl (C=O) groups excluding carboxylic acids is 2. The molecule has 24 heavy (non-hydrogen) atoms. The van der Waals surface area contributed by atoms with Gasteiger partial charge in [0.05, 0.1) is 18.7 Å². The van der Waals surface area contributed by atoms with Crippen molar-refractivity contribution < 1.29 is 19.1 Å². The second kappa shape index (κ2) is 7.47. The summed E-state index contributed by atoms with van der Waals surface area (Å²) in [7, 11) is 1.36. The van der Waals surface area contributed by atoms with Crippen LogP contribution in [-0.2, 0) is 9.47 Å². The molecule has 0 aliphatic carbocycles. The van der Waals surface area contributed by atoms with E-state index in [4.69, 9.17) is 4.74 Å². The molecule has 1 atom stereocenters. The molecule has 1 aromatic carbocycles. The fraction of sp³-hybridized carbons (Fsp3) is 0.500. The second-order valence-corrected chi connectivity index (χ2v) is 6.76. The Hall–Kier alpha value is -2.37. The molecule has 0 aromatic heterocycles. The molecule has 0 bridgehead atoms. The van der Waals surface area contributed by atoms with Crippen molar-refractivity contribution in [3.05, 3.63) is 35.4 Å². The summed E-state index contributed by atoms with van der Waals surface area (Å²) in [5.41, 5.74) is 0.921. The molecule has 1 aromatic rings. The summed E-state index contributed by atoms with van der Waals surface area (Å²) in [5, 5.41) is 0. The largest absolute Gasteiger partial charge is 0.465 e. The molecular formula is C18H24N2O4. The number of carbonyl (C=O) groups is 2. The Labute approximate surface area is 142 Å². The molecule has 1 saturated heterocycles. The van der Waals surface area contributed by atoms with Gasteiger partial charge in [0.15, 0.2) is 0 Å². The van der Waals surface area contributed by atoms with Crippen LogP contribution in [-0.4, -0.2) is 55.0 Å². The lowest BCUT2D eigenvalue weighted by Crippen LogP contribution is -2.35. The molecule has 6 heteroatoms. The first-order chi connectivity index (χ1) is 11.3. The van der Waals surface area contributed by atoms with E-state index < -0.39 is 5.60 Å². The van der Waals surface area contributed by atoms with Gasteiger partial charge >= 0.3 is 12.1 Å². The monoisotopic (exact) mass is 332 g/mol. The van der Waals surface area contributed by atoms with Crippen LogP contribution in [0.25, 0.3) is 0 Å².